The van der Waals surface area contributed by atoms with Gasteiger partial charge in [-0.2, -0.15) is 0 Å². The van der Waals surface area contributed by atoms with Gasteiger partial charge in [-0.3, -0.25) is 0 Å². The van der Waals surface area contributed by atoms with Crippen LogP contribution in [0.4, 0.5) is 0 Å². The SMILES string of the molecule is COc1ncnc(OC)c1CCl. The third-order valence-electron chi connectivity index (χ3n) is 1.39. The van der Waals surface area contributed by atoms with E-state index < -0.39 is 0 Å². The van der Waals surface area contributed by atoms with Gasteiger partial charge in [0.05, 0.1) is 25.7 Å². The Morgan fingerprint density at radius 3 is 2.08 bits per heavy atom. The van der Waals surface area contributed by atoms with Crippen LogP contribution in [0.5, 0.6) is 11.8 Å². The molecule has 0 amide bonds. The van der Waals surface area contributed by atoms with Crippen molar-refractivity contribution in [2.24, 2.45) is 0 Å². The molecule has 0 saturated carbocycles. The molecule has 1 aromatic rings. The minimum Gasteiger partial charge on any atom is -0.481 e. The van der Waals surface area contributed by atoms with Crippen LogP contribution in [0.25, 0.3) is 0 Å². The van der Waals surface area contributed by atoms with Crippen molar-refractivity contribution >= 4 is 11.6 Å². The highest BCUT2D eigenvalue weighted by molar-refractivity contribution is 6.17. The molecule has 12 heavy (non-hydrogen) atoms. The third-order valence-corrected chi connectivity index (χ3v) is 1.65. The lowest BCUT2D eigenvalue weighted by Gasteiger charge is -2.07. The Morgan fingerprint density at radius 1 is 1.25 bits per heavy atom. The first-order valence-electron chi connectivity index (χ1n) is 3.31. The molecule has 0 saturated heterocycles. The van der Waals surface area contributed by atoms with E-state index in [0.717, 1.165) is 0 Å². The molecule has 66 valence electrons. The fourth-order valence-corrected chi connectivity index (χ4v) is 1.08. The van der Waals surface area contributed by atoms with Crippen LogP contribution < -0.4 is 9.47 Å². The Morgan fingerprint density at radius 2 is 1.75 bits per heavy atom. The summed E-state index contributed by atoms with van der Waals surface area (Å²) in [6.45, 7) is 0. The van der Waals surface area contributed by atoms with E-state index in [4.69, 9.17) is 21.1 Å². The maximum atomic E-state index is 5.65. The van der Waals surface area contributed by atoms with Gasteiger partial charge in [-0.05, 0) is 0 Å². The fourth-order valence-electron chi connectivity index (χ4n) is 0.847. The van der Waals surface area contributed by atoms with Crippen LogP contribution in [-0.2, 0) is 5.88 Å². The number of hydrogen-bond acceptors (Lipinski definition) is 4. The summed E-state index contributed by atoms with van der Waals surface area (Å²) in [6, 6.07) is 0. The second-order valence-electron chi connectivity index (χ2n) is 2.00. The zero-order valence-corrected chi connectivity index (χ0v) is 7.63. The van der Waals surface area contributed by atoms with Crippen LogP contribution in [0.3, 0.4) is 0 Å². The van der Waals surface area contributed by atoms with Gasteiger partial charge >= 0.3 is 0 Å². The van der Waals surface area contributed by atoms with Crippen molar-refractivity contribution in [1.29, 1.82) is 0 Å². The summed E-state index contributed by atoms with van der Waals surface area (Å²) < 4.78 is 9.93. The van der Waals surface area contributed by atoms with Crippen molar-refractivity contribution in [3.63, 3.8) is 0 Å². The van der Waals surface area contributed by atoms with Crippen LogP contribution >= 0.6 is 11.6 Å². The molecule has 0 radical (unpaired) electrons. The minimum atomic E-state index is 0.271. The summed E-state index contributed by atoms with van der Waals surface area (Å²) in [5.41, 5.74) is 0.671. The molecule has 0 fully saturated rings. The molecule has 0 spiro atoms. The smallest absolute Gasteiger partial charge is 0.224 e. The molecule has 0 unspecified atom stereocenters. The molecule has 0 N–H and O–H groups in total. The second-order valence-corrected chi connectivity index (χ2v) is 2.27. The number of rotatable bonds is 3. The lowest BCUT2D eigenvalue weighted by Crippen LogP contribution is -1.99. The Balaban J connectivity index is 3.13. The first-order chi connectivity index (χ1) is 5.83. The maximum Gasteiger partial charge on any atom is 0.224 e. The largest absolute Gasteiger partial charge is 0.481 e. The molecule has 4 nitrogen and oxygen atoms in total. The van der Waals surface area contributed by atoms with E-state index in [9.17, 15) is 0 Å². The molecule has 0 aliphatic carbocycles. The molecule has 0 aliphatic heterocycles. The quantitative estimate of drug-likeness (QED) is 0.670. The number of aromatic nitrogens is 2. The summed E-state index contributed by atoms with van der Waals surface area (Å²) >= 11 is 5.65. The van der Waals surface area contributed by atoms with Crippen molar-refractivity contribution in [2.45, 2.75) is 5.88 Å². The van der Waals surface area contributed by atoms with Crippen LogP contribution in [0.15, 0.2) is 6.33 Å². The molecule has 1 heterocycles. The monoisotopic (exact) mass is 188 g/mol. The lowest BCUT2D eigenvalue weighted by atomic mass is 10.3. The van der Waals surface area contributed by atoms with Crippen molar-refractivity contribution in [2.75, 3.05) is 14.2 Å². The number of methoxy groups -OCH3 is 2. The average molecular weight is 189 g/mol. The lowest BCUT2D eigenvalue weighted by molar-refractivity contribution is 0.365. The first-order valence-corrected chi connectivity index (χ1v) is 3.84. The molecule has 0 aliphatic rings. The van der Waals surface area contributed by atoms with Crippen molar-refractivity contribution in [3.05, 3.63) is 11.9 Å². The summed E-state index contributed by atoms with van der Waals surface area (Å²) in [4.78, 5) is 7.76. The topological polar surface area (TPSA) is 44.2 Å². The van der Waals surface area contributed by atoms with Crippen molar-refractivity contribution in [3.8, 4) is 11.8 Å². The van der Waals surface area contributed by atoms with Gasteiger partial charge in [0.25, 0.3) is 0 Å². The van der Waals surface area contributed by atoms with E-state index in [1.165, 1.54) is 20.5 Å². The summed E-state index contributed by atoms with van der Waals surface area (Å²) in [7, 11) is 3.05. The predicted molar refractivity (Wildman–Crippen MR) is 44.7 cm³/mol. The van der Waals surface area contributed by atoms with Gasteiger partial charge < -0.3 is 9.47 Å². The molecule has 0 atom stereocenters. The van der Waals surface area contributed by atoms with Crippen LogP contribution in [0, 0.1) is 0 Å². The Labute approximate surface area is 75.5 Å². The number of alkyl halides is 1. The van der Waals surface area contributed by atoms with Crippen LogP contribution in [0.2, 0.25) is 0 Å². The Hall–Kier alpha value is -1.03. The number of ether oxygens (including phenoxy) is 2. The van der Waals surface area contributed by atoms with E-state index in [-0.39, 0.29) is 5.88 Å². The zero-order valence-electron chi connectivity index (χ0n) is 6.87. The van der Waals surface area contributed by atoms with Crippen LogP contribution in [-0.4, -0.2) is 24.2 Å². The van der Waals surface area contributed by atoms with Gasteiger partial charge in [0.15, 0.2) is 0 Å². The summed E-state index contributed by atoms with van der Waals surface area (Å²) in [6.07, 6.45) is 1.37. The fraction of sp³-hybridized carbons (Fsp3) is 0.429. The minimum absolute atomic E-state index is 0.271. The average Bonchev–Trinajstić information content (AvgIpc) is 2.16. The maximum absolute atomic E-state index is 5.65. The predicted octanol–water partition coefficient (Wildman–Crippen LogP) is 1.23. The van der Waals surface area contributed by atoms with Gasteiger partial charge in [-0.15, -0.1) is 11.6 Å². The van der Waals surface area contributed by atoms with Gasteiger partial charge in [0, 0.05) is 0 Å². The molecule has 1 rings (SSSR count). The van der Waals surface area contributed by atoms with Gasteiger partial charge in [0.2, 0.25) is 11.8 Å². The molecule has 1 aromatic heterocycles. The summed E-state index contributed by atoms with van der Waals surface area (Å²) in [5, 5.41) is 0. The number of nitrogens with zero attached hydrogens (tertiary/aromatic N) is 2. The van der Waals surface area contributed by atoms with E-state index in [1.807, 2.05) is 0 Å². The standard InChI is InChI=1S/C7H9ClN2O2/c1-11-6-5(3-8)7(12-2)10-4-9-6/h4H,3H2,1-2H3. The zero-order chi connectivity index (χ0) is 8.97. The molecule has 5 heteroatoms. The number of hydrogen-bond donors (Lipinski definition) is 0. The molecular weight excluding hydrogens is 180 g/mol. The van der Waals surface area contributed by atoms with Crippen LogP contribution in [0.1, 0.15) is 5.56 Å². The highest BCUT2D eigenvalue weighted by Gasteiger charge is 2.10. The van der Waals surface area contributed by atoms with Gasteiger partial charge in [0.1, 0.15) is 6.33 Å². The second kappa shape index (κ2) is 4.11. The van der Waals surface area contributed by atoms with Gasteiger partial charge in [-0.25, -0.2) is 9.97 Å². The Kier molecular flexibility index (Phi) is 3.10. The number of halogens is 1. The normalized spacial score (nSPS) is 9.58. The molecule has 0 aromatic carbocycles. The van der Waals surface area contributed by atoms with E-state index >= 15 is 0 Å². The Bertz CT molecular complexity index is 245. The highest BCUT2D eigenvalue weighted by Crippen LogP contribution is 2.24. The highest BCUT2D eigenvalue weighted by atomic mass is 35.5. The van der Waals surface area contributed by atoms with E-state index in [0.29, 0.717) is 17.3 Å². The first kappa shape index (κ1) is 9.06. The van der Waals surface area contributed by atoms with Crippen molar-refractivity contribution < 1.29 is 9.47 Å². The third kappa shape index (κ3) is 1.58. The van der Waals surface area contributed by atoms with E-state index in [2.05, 4.69) is 9.97 Å². The van der Waals surface area contributed by atoms with E-state index in [1.54, 1.807) is 0 Å². The van der Waals surface area contributed by atoms with Gasteiger partial charge in [-0.1, -0.05) is 0 Å². The van der Waals surface area contributed by atoms with Crippen molar-refractivity contribution in [1.82, 2.24) is 9.97 Å². The molecule has 0 bridgehead atoms. The summed E-state index contributed by atoms with van der Waals surface area (Å²) in [5.74, 6) is 1.18. The molecular formula is C7H9ClN2O2.